The van der Waals surface area contributed by atoms with E-state index in [2.05, 4.69) is 25.7 Å². The van der Waals surface area contributed by atoms with Crippen LogP contribution in [0.4, 0.5) is 0 Å². The summed E-state index contributed by atoms with van der Waals surface area (Å²) in [7, 11) is 0. The van der Waals surface area contributed by atoms with Crippen molar-refractivity contribution in [3.8, 4) is 0 Å². The van der Waals surface area contributed by atoms with E-state index in [1.54, 1.807) is 0 Å². The van der Waals surface area contributed by atoms with Crippen LogP contribution in [0.2, 0.25) is 0 Å². The minimum Gasteiger partial charge on any atom is -0.303 e. The molecule has 0 aromatic heterocycles. The van der Waals surface area contributed by atoms with Gasteiger partial charge >= 0.3 is 0 Å². The average molecular weight is 496 g/mol. The lowest BCUT2D eigenvalue weighted by molar-refractivity contribution is 0.254. The van der Waals surface area contributed by atoms with E-state index in [0.717, 1.165) is 0 Å². The van der Waals surface area contributed by atoms with Crippen LogP contribution >= 0.6 is 24.0 Å². The molecule has 0 unspecified atom stereocenters. The average Bonchev–Trinajstić information content (AvgIpc) is 2.65. The Labute approximate surface area is 190 Å². The Bertz CT molecular complexity index is 228. The van der Waals surface area contributed by atoms with Crippen molar-refractivity contribution in [2.45, 2.75) is 143 Å². The van der Waals surface area contributed by atoms with Crippen LogP contribution in [0.1, 0.15) is 143 Å². The molecule has 0 aliphatic rings. The largest absolute Gasteiger partial charge is 0.303 e. The number of rotatable bonds is 22. The number of unbranched alkanes of at least 4 members (excludes halogenated alkanes) is 16. The highest BCUT2D eigenvalue weighted by Gasteiger charge is 2.05. The summed E-state index contributed by atoms with van der Waals surface area (Å²) in [5.41, 5.74) is 0. The zero-order chi connectivity index (χ0) is 19.1. The lowest BCUT2D eigenvalue weighted by Crippen LogP contribution is -2.27. The second-order valence-corrected chi connectivity index (χ2v) is 8.50. The third-order valence-corrected chi connectivity index (χ3v) is 5.73. The number of hydrogen-bond acceptors (Lipinski definition) is 1. The summed E-state index contributed by atoms with van der Waals surface area (Å²) >= 11 is 0. The molecule has 0 atom stereocenters. The van der Waals surface area contributed by atoms with E-state index < -0.39 is 0 Å². The van der Waals surface area contributed by atoms with E-state index >= 15 is 0 Å². The summed E-state index contributed by atoms with van der Waals surface area (Å²) < 4.78 is 0. The van der Waals surface area contributed by atoms with Gasteiger partial charge in [0, 0.05) is 0 Å². The Kier molecular flexibility index (Phi) is 29.5. The molecule has 0 aliphatic heterocycles. The summed E-state index contributed by atoms with van der Waals surface area (Å²) in [6, 6.07) is 0. The molecule has 27 heavy (non-hydrogen) atoms. The zero-order valence-corrected chi connectivity index (χ0v) is 21.7. The standard InChI is InChI=1S/C25H53N.HI/c1-4-7-10-13-16-19-22-25-26(23-20-17-14-11-8-5-2)24-21-18-15-12-9-6-3;/h4-25H2,1-3H3;1H. The molecule has 0 aromatic rings. The van der Waals surface area contributed by atoms with E-state index in [1.165, 1.54) is 142 Å². The van der Waals surface area contributed by atoms with Gasteiger partial charge in [-0.15, -0.1) is 24.0 Å². The lowest BCUT2D eigenvalue weighted by Gasteiger charge is -2.22. The molecule has 0 aliphatic carbocycles. The molecule has 0 heterocycles. The number of nitrogens with zero attached hydrogens (tertiary/aromatic N) is 1. The quantitative estimate of drug-likeness (QED) is 0.107. The highest BCUT2D eigenvalue weighted by atomic mass is 127. The summed E-state index contributed by atoms with van der Waals surface area (Å²) in [6.07, 6.45) is 27.2. The fraction of sp³-hybridized carbons (Fsp3) is 1.00. The molecule has 0 N–H and O–H groups in total. The summed E-state index contributed by atoms with van der Waals surface area (Å²) in [4.78, 5) is 2.80. The van der Waals surface area contributed by atoms with Crippen LogP contribution in [0, 0.1) is 0 Å². The van der Waals surface area contributed by atoms with Crippen LogP contribution in [0.5, 0.6) is 0 Å². The Morgan fingerprint density at radius 3 is 0.815 bits per heavy atom. The molecule has 1 nitrogen and oxygen atoms in total. The van der Waals surface area contributed by atoms with E-state index in [4.69, 9.17) is 0 Å². The molecule has 166 valence electrons. The smallest absolute Gasteiger partial charge is 0.00187 e. The van der Waals surface area contributed by atoms with Gasteiger partial charge in [0.15, 0.2) is 0 Å². The van der Waals surface area contributed by atoms with Crippen LogP contribution in [-0.4, -0.2) is 24.5 Å². The van der Waals surface area contributed by atoms with Gasteiger partial charge in [0.2, 0.25) is 0 Å². The predicted molar refractivity (Wildman–Crippen MR) is 137 cm³/mol. The molecule has 0 aromatic carbocycles. The summed E-state index contributed by atoms with van der Waals surface area (Å²) in [5, 5.41) is 0. The van der Waals surface area contributed by atoms with Crippen molar-refractivity contribution >= 4 is 24.0 Å². The molecule has 0 saturated heterocycles. The topological polar surface area (TPSA) is 3.24 Å². The van der Waals surface area contributed by atoms with E-state index in [9.17, 15) is 0 Å². The van der Waals surface area contributed by atoms with E-state index in [0.29, 0.717) is 0 Å². The molecule has 0 spiro atoms. The third-order valence-electron chi connectivity index (χ3n) is 5.73. The molecule has 0 saturated carbocycles. The molecule has 0 fully saturated rings. The van der Waals surface area contributed by atoms with Crippen LogP contribution in [0.3, 0.4) is 0 Å². The van der Waals surface area contributed by atoms with Gasteiger partial charge in [-0.2, -0.15) is 0 Å². The van der Waals surface area contributed by atoms with Gasteiger partial charge in [-0.05, 0) is 38.9 Å². The Morgan fingerprint density at radius 2 is 0.556 bits per heavy atom. The summed E-state index contributed by atoms with van der Waals surface area (Å²) in [6.45, 7) is 11.0. The minimum absolute atomic E-state index is 0. The van der Waals surface area contributed by atoms with Crippen molar-refractivity contribution < 1.29 is 0 Å². The van der Waals surface area contributed by atoms with Crippen LogP contribution in [0.15, 0.2) is 0 Å². The normalized spacial score (nSPS) is 11.1. The second-order valence-electron chi connectivity index (χ2n) is 8.50. The maximum absolute atomic E-state index is 2.80. The van der Waals surface area contributed by atoms with Gasteiger partial charge in [-0.1, -0.05) is 124 Å². The highest BCUT2D eigenvalue weighted by Crippen LogP contribution is 2.11. The Morgan fingerprint density at radius 1 is 0.333 bits per heavy atom. The first-order valence-corrected chi connectivity index (χ1v) is 12.6. The molecule has 0 rings (SSSR count). The number of halogens is 1. The van der Waals surface area contributed by atoms with Crippen molar-refractivity contribution in [2.75, 3.05) is 19.6 Å². The van der Waals surface area contributed by atoms with Crippen molar-refractivity contribution in [1.82, 2.24) is 4.90 Å². The Balaban J connectivity index is 0. The predicted octanol–water partition coefficient (Wildman–Crippen LogP) is 9.38. The van der Waals surface area contributed by atoms with Gasteiger partial charge in [-0.25, -0.2) is 0 Å². The molecule has 0 bridgehead atoms. The fourth-order valence-electron chi connectivity index (χ4n) is 3.86. The van der Waals surface area contributed by atoms with Crippen molar-refractivity contribution in [1.29, 1.82) is 0 Å². The van der Waals surface area contributed by atoms with Crippen LogP contribution in [0.25, 0.3) is 0 Å². The first-order chi connectivity index (χ1) is 12.8. The van der Waals surface area contributed by atoms with E-state index in [-0.39, 0.29) is 24.0 Å². The monoisotopic (exact) mass is 495 g/mol. The van der Waals surface area contributed by atoms with Crippen LogP contribution < -0.4 is 0 Å². The maximum atomic E-state index is 2.80. The second kappa shape index (κ2) is 26.7. The molecular formula is C25H54IN. The van der Waals surface area contributed by atoms with Crippen molar-refractivity contribution in [3.05, 3.63) is 0 Å². The summed E-state index contributed by atoms with van der Waals surface area (Å²) in [5.74, 6) is 0. The van der Waals surface area contributed by atoms with Gasteiger partial charge in [-0.3, -0.25) is 0 Å². The van der Waals surface area contributed by atoms with Gasteiger partial charge < -0.3 is 4.90 Å². The van der Waals surface area contributed by atoms with Crippen LogP contribution in [-0.2, 0) is 0 Å². The Hall–Kier alpha value is 0.690. The lowest BCUT2D eigenvalue weighted by atomic mass is 10.1. The molecule has 0 radical (unpaired) electrons. The SMILES string of the molecule is CCCCCCCCCN(CCCCCCCC)CCCCCCCC.I. The van der Waals surface area contributed by atoms with Crippen molar-refractivity contribution in [2.24, 2.45) is 0 Å². The molecular weight excluding hydrogens is 441 g/mol. The third kappa shape index (κ3) is 24.7. The van der Waals surface area contributed by atoms with Gasteiger partial charge in [0.25, 0.3) is 0 Å². The first kappa shape index (κ1) is 29.9. The first-order valence-electron chi connectivity index (χ1n) is 12.6. The van der Waals surface area contributed by atoms with Gasteiger partial charge in [0.05, 0.1) is 0 Å². The molecule has 0 amide bonds. The van der Waals surface area contributed by atoms with Gasteiger partial charge in [0.1, 0.15) is 0 Å². The van der Waals surface area contributed by atoms with E-state index in [1.807, 2.05) is 0 Å². The number of hydrogen-bond donors (Lipinski definition) is 0. The zero-order valence-electron chi connectivity index (χ0n) is 19.4. The van der Waals surface area contributed by atoms with Crippen molar-refractivity contribution in [3.63, 3.8) is 0 Å². The fourth-order valence-corrected chi connectivity index (χ4v) is 3.86. The maximum Gasteiger partial charge on any atom is -0.00187 e. The molecule has 2 heteroatoms. The highest BCUT2D eigenvalue weighted by molar-refractivity contribution is 14.0. The minimum atomic E-state index is 0.